The summed E-state index contributed by atoms with van der Waals surface area (Å²) in [5.74, 6) is -2.84. The Morgan fingerprint density at radius 2 is 1.80 bits per heavy atom. The largest absolute Gasteiger partial charge is 0.276 e. The second-order valence-corrected chi connectivity index (χ2v) is 5.66. The van der Waals surface area contributed by atoms with Crippen molar-refractivity contribution >= 4 is 39.4 Å². The van der Waals surface area contributed by atoms with Gasteiger partial charge in [0, 0.05) is 21.1 Å². The summed E-state index contributed by atoms with van der Waals surface area (Å²) in [6.07, 6.45) is -0.250. The van der Waals surface area contributed by atoms with Crippen LogP contribution in [-0.4, -0.2) is 5.24 Å². The minimum absolute atomic E-state index is 0.161. The lowest BCUT2D eigenvalue weighted by Crippen LogP contribution is -2.05. The summed E-state index contributed by atoms with van der Waals surface area (Å²) in [6.45, 7) is 0. The number of hydrogen-bond acceptors (Lipinski definition) is 1. The number of halogens is 5. The molecule has 0 heterocycles. The van der Waals surface area contributed by atoms with Crippen LogP contribution in [0.15, 0.2) is 30.3 Å². The molecule has 0 aliphatic heterocycles. The van der Waals surface area contributed by atoms with Crippen LogP contribution in [0.5, 0.6) is 0 Å². The molecule has 2 rings (SSSR count). The lowest BCUT2D eigenvalue weighted by Gasteiger charge is -2.09. The van der Waals surface area contributed by atoms with Crippen LogP contribution in [0.2, 0.25) is 0 Å². The molecule has 0 bridgehead atoms. The molecular weight excluding hydrogens is 404 g/mol. The first-order valence-corrected chi connectivity index (χ1v) is 6.96. The molecule has 0 amide bonds. The Kier molecular flexibility index (Phi) is 4.70. The standard InChI is InChI=1S/C14H7ClF3IO/c15-14(20)9-3-4-11(16)13(18)10(9)5-7-1-2-8(19)6-12(7)17/h1-4,6H,5H2. The average molecular weight is 411 g/mol. The Hall–Kier alpha value is -1.08. The van der Waals surface area contributed by atoms with Gasteiger partial charge in [0.05, 0.1) is 0 Å². The fourth-order valence-corrected chi connectivity index (χ4v) is 2.44. The SMILES string of the molecule is O=C(Cl)c1ccc(F)c(F)c1Cc1ccc(I)cc1F. The van der Waals surface area contributed by atoms with Crippen molar-refractivity contribution in [2.24, 2.45) is 0 Å². The number of carbonyl (C=O) groups is 1. The summed E-state index contributed by atoms with van der Waals surface area (Å²) < 4.78 is 41.5. The van der Waals surface area contributed by atoms with Crippen LogP contribution < -0.4 is 0 Å². The topological polar surface area (TPSA) is 17.1 Å². The lowest BCUT2D eigenvalue weighted by atomic mass is 9.99. The molecule has 0 saturated heterocycles. The van der Waals surface area contributed by atoms with E-state index < -0.39 is 22.7 Å². The van der Waals surface area contributed by atoms with Crippen molar-refractivity contribution in [3.63, 3.8) is 0 Å². The van der Waals surface area contributed by atoms with E-state index in [1.165, 1.54) is 12.1 Å². The van der Waals surface area contributed by atoms with E-state index in [2.05, 4.69) is 0 Å². The minimum Gasteiger partial charge on any atom is -0.276 e. The number of rotatable bonds is 3. The predicted molar refractivity (Wildman–Crippen MR) is 78.5 cm³/mol. The van der Waals surface area contributed by atoms with Crippen molar-refractivity contribution in [1.29, 1.82) is 0 Å². The molecule has 0 unspecified atom stereocenters. The monoisotopic (exact) mass is 410 g/mol. The van der Waals surface area contributed by atoms with Crippen LogP contribution in [-0.2, 0) is 6.42 Å². The van der Waals surface area contributed by atoms with E-state index in [4.69, 9.17) is 11.6 Å². The Bertz CT molecular complexity index is 688. The Labute approximate surface area is 131 Å². The molecule has 0 aliphatic carbocycles. The van der Waals surface area contributed by atoms with Gasteiger partial charge in [-0.2, -0.15) is 0 Å². The van der Waals surface area contributed by atoms with E-state index in [9.17, 15) is 18.0 Å². The lowest BCUT2D eigenvalue weighted by molar-refractivity contribution is 0.108. The molecule has 0 N–H and O–H groups in total. The van der Waals surface area contributed by atoms with Crippen LogP contribution in [0.4, 0.5) is 13.2 Å². The van der Waals surface area contributed by atoms with Gasteiger partial charge >= 0.3 is 0 Å². The van der Waals surface area contributed by atoms with E-state index in [1.54, 1.807) is 6.07 Å². The summed E-state index contributed by atoms with van der Waals surface area (Å²) >= 11 is 7.27. The fraction of sp³-hybridized carbons (Fsp3) is 0.0714. The highest BCUT2D eigenvalue weighted by molar-refractivity contribution is 14.1. The highest BCUT2D eigenvalue weighted by Gasteiger charge is 2.19. The molecule has 0 spiro atoms. The van der Waals surface area contributed by atoms with Crippen LogP contribution in [0.25, 0.3) is 0 Å². The third-order valence-corrected chi connectivity index (χ3v) is 3.66. The van der Waals surface area contributed by atoms with E-state index >= 15 is 0 Å². The van der Waals surface area contributed by atoms with Crippen molar-refractivity contribution in [3.8, 4) is 0 Å². The highest BCUT2D eigenvalue weighted by atomic mass is 127. The van der Waals surface area contributed by atoms with Crippen LogP contribution in [0.3, 0.4) is 0 Å². The Balaban J connectivity index is 2.52. The highest BCUT2D eigenvalue weighted by Crippen LogP contribution is 2.24. The molecule has 0 saturated carbocycles. The molecule has 0 radical (unpaired) electrons. The van der Waals surface area contributed by atoms with Gasteiger partial charge in [0.2, 0.25) is 0 Å². The van der Waals surface area contributed by atoms with Gasteiger partial charge in [-0.05, 0) is 64.0 Å². The summed E-state index contributed by atoms with van der Waals surface area (Å²) in [5, 5.41) is -0.912. The van der Waals surface area contributed by atoms with Gasteiger partial charge in [-0.25, -0.2) is 13.2 Å². The maximum Gasteiger partial charge on any atom is 0.252 e. The average Bonchev–Trinajstić information content (AvgIpc) is 2.37. The molecule has 1 nitrogen and oxygen atoms in total. The minimum atomic E-state index is -1.19. The Morgan fingerprint density at radius 1 is 1.10 bits per heavy atom. The fourth-order valence-electron chi connectivity index (χ4n) is 1.81. The van der Waals surface area contributed by atoms with E-state index in [0.717, 1.165) is 12.1 Å². The first-order valence-electron chi connectivity index (χ1n) is 5.50. The molecule has 0 atom stereocenters. The van der Waals surface area contributed by atoms with Gasteiger partial charge in [0.1, 0.15) is 5.82 Å². The van der Waals surface area contributed by atoms with Gasteiger partial charge in [-0.1, -0.05) is 6.07 Å². The third kappa shape index (κ3) is 3.15. The second-order valence-electron chi connectivity index (χ2n) is 4.07. The first-order chi connectivity index (χ1) is 9.40. The van der Waals surface area contributed by atoms with E-state index in [-0.39, 0.29) is 23.1 Å². The quantitative estimate of drug-likeness (QED) is 0.531. The molecule has 2 aromatic carbocycles. The van der Waals surface area contributed by atoms with E-state index in [1.807, 2.05) is 22.6 Å². The summed E-state index contributed by atoms with van der Waals surface area (Å²) in [4.78, 5) is 11.2. The Morgan fingerprint density at radius 3 is 2.40 bits per heavy atom. The molecule has 20 heavy (non-hydrogen) atoms. The number of carbonyl (C=O) groups excluding carboxylic acids is 1. The summed E-state index contributed by atoms with van der Waals surface area (Å²) in [6, 6.07) is 6.28. The van der Waals surface area contributed by atoms with Crippen molar-refractivity contribution < 1.29 is 18.0 Å². The maximum atomic E-state index is 13.8. The van der Waals surface area contributed by atoms with Gasteiger partial charge in [-0.15, -0.1) is 0 Å². The molecule has 2 aromatic rings. The van der Waals surface area contributed by atoms with Crippen molar-refractivity contribution in [2.45, 2.75) is 6.42 Å². The molecule has 104 valence electrons. The second kappa shape index (κ2) is 6.13. The zero-order chi connectivity index (χ0) is 14.9. The molecular formula is C14H7ClF3IO. The van der Waals surface area contributed by atoms with Gasteiger partial charge in [-0.3, -0.25) is 4.79 Å². The van der Waals surface area contributed by atoms with Crippen molar-refractivity contribution in [2.75, 3.05) is 0 Å². The number of benzene rings is 2. The predicted octanol–water partition coefficient (Wildman–Crippen LogP) is 4.68. The third-order valence-electron chi connectivity index (χ3n) is 2.79. The van der Waals surface area contributed by atoms with Gasteiger partial charge in [0.25, 0.3) is 5.24 Å². The van der Waals surface area contributed by atoms with Crippen LogP contribution >= 0.6 is 34.2 Å². The van der Waals surface area contributed by atoms with Gasteiger partial charge < -0.3 is 0 Å². The van der Waals surface area contributed by atoms with E-state index in [0.29, 0.717) is 3.57 Å². The van der Waals surface area contributed by atoms with Crippen molar-refractivity contribution in [3.05, 3.63) is 68.0 Å². The molecule has 0 aliphatic rings. The first kappa shape index (κ1) is 15.3. The maximum absolute atomic E-state index is 13.8. The number of hydrogen-bond donors (Lipinski definition) is 0. The summed E-state index contributed by atoms with van der Waals surface area (Å²) in [5.41, 5.74) is -0.247. The van der Waals surface area contributed by atoms with Gasteiger partial charge in [0.15, 0.2) is 11.6 Å². The zero-order valence-electron chi connectivity index (χ0n) is 9.89. The molecule has 0 fully saturated rings. The summed E-state index contributed by atoms with van der Waals surface area (Å²) in [7, 11) is 0. The van der Waals surface area contributed by atoms with Crippen molar-refractivity contribution in [1.82, 2.24) is 0 Å². The van der Waals surface area contributed by atoms with Crippen LogP contribution in [0.1, 0.15) is 21.5 Å². The molecule has 6 heteroatoms. The normalized spacial score (nSPS) is 10.7. The molecule has 0 aromatic heterocycles. The zero-order valence-corrected chi connectivity index (χ0v) is 12.8. The smallest absolute Gasteiger partial charge is 0.252 e. The van der Waals surface area contributed by atoms with Crippen LogP contribution in [0, 0.1) is 21.0 Å².